The number of carbonyl (C=O) groups excluding carboxylic acids is 2. The number of halogens is 4. The normalized spacial score (nSPS) is 13.0. The number of nitrogens with one attached hydrogen (secondary N) is 1. The van der Waals surface area contributed by atoms with E-state index in [1.165, 1.54) is 26.8 Å². The molecule has 0 unspecified atom stereocenters. The van der Waals surface area contributed by atoms with Crippen LogP contribution in [0.5, 0.6) is 11.5 Å². The van der Waals surface area contributed by atoms with Gasteiger partial charge in [-0.2, -0.15) is 0 Å². The summed E-state index contributed by atoms with van der Waals surface area (Å²) >= 11 is 0. The highest BCUT2D eigenvalue weighted by molar-refractivity contribution is 6.00. The summed E-state index contributed by atoms with van der Waals surface area (Å²) in [5.74, 6) is -8.83. The lowest BCUT2D eigenvalue weighted by Gasteiger charge is -2.36. The largest absolute Gasteiger partial charge is 0.486 e. The molecule has 0 fully saturated rings. The Morgan fingerprint density at radius 3 is 2.28 bits per heavy atom. The highest BCUT2D eigenvalue weighted by atomic mass is 19.2. The molecule has 2 aromatic carbocycles. The minimum atomic E-state index is -2.12. The summed E-state index contributed by atoms with van der Waals surface area (Å²) in [7, 11) is 0. The molecular formula is C22H22F4N2O4. The first-order valence-electron chi connectivity index (χ1n) is 9.87. The van der Waals surface area contributed by atoms with Crippen molar-refractivity contribution in [3.05, 3.63) is 58.2 Å². The molecule has 2 amide bonds. The zero-order valence-corrected chi connectivity index (χ0v) is 17.9. The van der Waals surface area contributed by atoms with Crippen molar-refractivity contribution in [1.29, 1.82) is 0 Å². The van der Waals surface area contributed by atoms with Crippen LogP contribution in [0.25, 0.3) is 0 Å². The van der Waals surface area contributed by atoms with Crippen LogP contribution >= 0.6 is 0 Å². The number of nitrogens with zero attached hydrogens (tertiary/aromatic N) is 1. The van der Waals surface area contributed by atoms with E-state index >= 15 is 0 Å². The highest BCUT2D eigenvalue weighted by Crippen LogP contribution is 2.36. The zero-order valence-electron chi connectivity index (χ0n) is 17.9. The Morgan fingerprint density at radius 1 is 1.00 bits per heavy atom. The molecule has 0 spiro atoms. The standard InChI is InChI=1S/C22H22F4N2O4/c1-5-11-12(6-7-15-19(11)32-9-8-31-15)20(29)27-28(22(2,3)4)21(30)13-10-14(23)17(25)18(26)16(13)24/h6-7,10H,5,8-9H2,1-4H3,(H,27,29). The molecule has 1 heterocycles. The lowest BCUT2D eigenvalue weighted by Crippen LogP contribution is -2.56. The van der Waals surface area contributed by atoms with E-state index < -0.39 is 46.2 Å². The van der Waals surface area contributed by atoms with Crippen molar-refractivity contribution in [2.24, 2.45) is 0 Å². The Morgan fingerprint density at radius 2 is 1.66 bits per heavy atom. The van der Waals surface area contributed by atoms with Gasteiger partial charge in [-0.05, 0) is 45.4 Å². The predicted molar refractivity (Wildman–Crippen MR) is 106 cm³/mol. The van der Waals surface area contributed by atoms with Crippen LogP contribution in [-0.2, 0) is 6.42 Å². The quantitative estimate of drug-likeness (QED) is 0.327. The van der Waals surface area contributed by atoms with Crippen LogP contribution in [0.3, 0.4) is 0 Å². The van der Waals surface area contributed by atoms with Crippen molar-refractivity contribution < 1.29 is 36.6 Å². The van der Waals surface area contributed by atoms with Gasteiger partial charge in [0.1, 0.15) is 13.2 Å². The van der Waals surface area contributed by atoms with Crippen molar-refractivity contribution in [1.82, 2.24) is 10.4 Å². The molecule has 0 aliphatic carbocycles. The van der Waals surface area contributed by atoms with Crippen LogP contribution in [0.1, 0.15) is 54.0 Å². The van der Waals surface area contributed by atoms with Crippen LogP contribution in [0, 0.1) is 23.3 Å². The first kappa shape index (κ1) is 23.4. The van der Waals surface area contributed by atoms with Gasteiger partial charge in [-0.15, -0.1) is 0 Å². The zero-order chi connectivity index (χ0) is 23.8. The third-order valence-electron chi connectivity index (χ3n) is 4.83. The molecule has 0 bridgehead atoms. The number of hydrogen-bond acceptors (Lipinski definition) is 4. The number of rotatable bonds is 3. The Balaban J connectivity index is 1.99. The van der Waals surface area contributed by atoms with Crippen molar-refractivity contribution in [2.45, 2.75) is 39.7 Å². The first-order chi connectivity index (χ1) is 15.0. The summed E-state index contributed by atoms with van der Waals surface area (Å²) in [6.07, 6.45) is 0.405. The first-order valence-corrected chi connectivity index (χ1v) is 9.87. The van der Waals surface area contributed by atoms with E-state index in [1.54, 1.807) is 13.0 Å². The van der Waals surface area contributed by atoms with E-state index in [4.69, 9.17) is 9.47 Å². The summed E-state index contributed by atoms with van der Waals surface area (Å²) in [6.45, 7) is 7.02. The molecule has 32 heavy (non-hydrogen) atoms. The van der Waals surface area contributed by atoms with Crippen molar-refractivity contribution in [2.75, 3.05) is 13.2 Å². The number of fused-ring (bicyclic) bond motifs is 1. The Labute approximate surface area is 182 Å². The van der Waals surface area contributed by atoms with Crippen LogP contribution in [0.2, 0.25) is 0 Å². The molecule has 10 heteroatoms. The smallest absolute Gasteiger partial charge is 0.275 e. The molecule has 3 rings (SSSR count). The topological polar surface area (TPSA) is 67.9 Å². The number of ether oxygens (including phenoxy) is 2. The third kappa shape index (κ3) is 4.21. The van der Waals surface area contributed by atoms with Gasteiger partial charge >= 0.3 is 0 Å². The summed E-state index contributed by atoms with van der Waals surface area (Å²) < 4.78 is 66.0. The van der Waals surface area contributed by atoms with E-state index in [0.717, 1.165) is 5.01 Å². The number of carbonyl (C=O) groups is 2. The second-order valence-electron chi connectivity index (χ2n) is 8.07. The fourth-order valence-corrected chi connectivity index (χ4v) is 3.27. The van der Waals surface area contributed by atoms with Gasteiger partial charge in [0.2, 0.25) is 0 Å². The maximum atomic E-state index is 14.2. The average Bonchev–Trinajstić information content (AvgIpc) is 2.76. The van der Waals surface area contributed by atoms with Crippen LogP contribution in [0.15, 0.2) is 18.2 Å². The lowest BCUT2D eigenvalue weighted by molar-refractivity contribution is 0.0352. The summed E-state index contributed by atoms with van der Waals surface area (Å²) in [5.41, 5.74) is 0.888. The highest BCUT2D eigenvalue weighted by Gasteiger charge is 2.34. The fourth-order valence-electron chi connectivity index (χ4n) is 3.27. The molecule has 2 aromatic rings. The Kier molecular flexibility index (Phi) is 6.34. The van der Waals surface area contributed by atoms with Crippen molar-refractivity contribution in [3.63, 3.8) is 0 Å². The van der Waals surface area contributed by atoms with E-state index in [1.807, 2.05) is 0 Å². The van der Waals surface area contributed by atoms with E-state index in [9.17, 15) is 27.2 Å². The average molecular weight is 454 g/mol. The molecule has 1 aliphatic rings. The maximum Gasteiger partial charge on any atom is 0.275 e. The van der Waals surface area contributed by atoms with Crippen LogP contribution in [0.4, 0.5) is 17.6 Å². The van der Waals surface area contributed by atoms with Gasteiger partial charge < -0.3 is 9.47 Å². The van der Waals surface area contributed by atoms with Crippen LogP contribution in [-0.4, -0.2) is 35.6 Å². The maximum absolute atomic E-state index is 14.2. The van der Waals surface area contributed by atoms with Crippen molar-refractivity contribution in [3.8, 4) is 11.5 Å². The minimum absolute atomic E-state index is 0.177. The monoisotopic (exact) mass is 454 g/mol. The molecule has 0 saturated carbocycles. The second kappa shape index (κ2) is 8.68. The van der Waals surface area contributed by atoms with Crippen molar-refractivity contribution >= 4 is 11.8 Å². The van der Waals surface area contributed by atoms with Gasteiger partial charge in [0, 0.05) is 11.1 Å². The molecule has 0 atom stereocenters. The fraction of sp³-hybridized carbons (Fsp3) is 0.364. The van der Waals surface area contributed by atoms with Gasteiger partial charge in [0.25, 0.3) is 11.8 Å². The van der Waals surface area contributed by atoms with E-state index in [2.05, 4.69) is 5.43 Å². The Bertz CT molecular complexity index is 1080. The van der Waals surface area contributed by atoms with Gasteiger partial charge in [-0.3, -0.25) is 15.0 Å². The number of amides is 2. The Hall–Kier alpha value is -3.30. The SMILES string of the molecule is CCc1c(C(=O)NN(C(=O)c2cc(F)c(F)c(F)c2F)C(C)(C)C)ccc2c1OCCO2. The van der Waals surface area contributed by atoms with E-state index in [0.29, 0.717) is 36.7 Å². The second-order valence-corrected chi connectivity index (χ2v) is 8.07. The van der Waals surface area contributed by atoms with Crippen LogP contribution < -0.4 is 14.9 Å². The summed E-state index contributed by atoms with van der Waals surface area (Å²) in [6, 6.07) is 3.30. The van der Waals surface area contributed by atoms with E-state index in [-0.39, 0.29) is 11.6 Å². The molecule has 172 valence electrons. The molecule has 1 N–H and O–H groups in total. The molecule has 1 aliphatic heterocycles. The third-order valence-corrected chi connectivity index (χ3v) is 4.83. The molecular weight excluding hydrogens is 432 g/mol. The number of benzene rings is 2. The molecule has 0 aromatic heterocycles. The molecule has 0 saturated heterocycles. The predicted octanol–water partition coefficient (Wildman–Crippen LogP) is 4.16. The van der Waals surface area contributed by atoms with Gasteiger partial charge in [0.05, 0.1) is 11.1 Å². The minimum Gasteiger partial charge on any atom is -0.486 e. The summed E-state index contributed by atoms with van der Waals surface area (Å²) in [4.78, 5) is 26.0. The van der Waals surface area contributed by atoms with Gasteiger partial charge in [-0.25, -0.2) is 22.6 Å². The number of hydrogen-bond donors (Lipinski definition) is 1. The molecule has 0 radical (unpaired) electrons. The summed E-state index contributed by atoms with van der Waals surface area (Å²) in [5, 5.41) is 0.737. The molecule has 6 nitrogen and oxygen atoms in total. The van der Waals surface area contributed by atoms with Gasteiger partial charge in [0.15, 0.2) is 34.8 Å². The lowest BCUT2D eigenvalue weighted by atomic mass is 10.0. The number of hydrazine groups is 1. The van der Waals surface area contributed by atoms with Gasteiger partial charge in [-0.1, -0.05) is 6.92 Å².